The number of rotatable bonds is 3. The summed E-state index contributed by atoms with van der Waals surface area (Å²) in [6, 6.07) is 7.71. The number of nitrogens with zero attached hydrogens (tertiary/aromatic N) is 3. The van der Waals surface area contributed by atoms with Crippen LogP contribution < -0.4 is 0 Å². The van der Waals surface area contributed by atoms with Crippen LogP contribution in [0.4, 0.5) is 5.69 Å². The SMILES string of the molecule is Cc1ccc(C(=O)N2CCN(C(=O)c3ccc(Cl)cc3[N+](=O)[O-])CC2)s1. The first-order valence-electron chi connectivity index (χ1n) is 7.96. The van der Waals surface area contributed by atoms with Gasteiger partial charge in [-0.2, -0.15) is 0 Å². The van der Waals surface area contributed by atoms with Gasteiger partial charge in [-0.15, -0.1) is 11.3 Å². The molecule has 0 radical (unpaired) electrons. The molecule has 7 nitrogen and oxygen atoms in total. The summed E-state index contributed by atoms with van der Waals surface area (Å²) < 4.78 is 0. The van der Waals surface area contributed by atoms with Gasteiger partial charge in [-0.3, -0.25) is 19.7 Å². The number of carbonyl (C=O) groups is 2. The van der Waals surface area contributed by atoms with E-state index in [-0.39, 0.29) is 22.2 Å². The number of hydrogen-bond donors (Lipinski definition) is 0. The Morgan fingerprint density at radius 1 is 1.08 bits per heavy atom. The maximum atomic E-state index is 12.7. The van der Waals surface area contributed by atoms with Crippen LogP contribution in [0.25, 0.3) is 0 Å². The van der Waals surface area contributed by atoms with E-state index >= 15 is 0 Å². The Morgan fingerprint density at radius 3 is 2.23 bits per heavy atom. The molecule has 0 saturated carbocycles. The molecule has 0 bridgehead atoms. The zero-order chi connectivity index (χ0) is 18.8. The molecular weight excluding hydrogens is 378 g/mol. The standard InChI is InChI=1S/C17H16ClN3O4S/c1-11-2-5-15(26-11)17(23)20-8-6-19(7-9-20)16(22)13-4-3-12(18)10-14(13)21(24)25/h2-5,10H,6-9H2,1H3. The van der Waals surface area contributed by atoms with E-state index in [1.165, 1.54) is 34.4 Å². The fourth-order valence-corrected chi connectivity index (χ4v) is 3.83. The van der Waals surface area contributed by atoms with Crippen molar-refractivity contribution >= 4 is 40.4 Å². The number of amides is 2. The largest absolute Gasteiger partial charge is 0.335 e. The highest BCUT2D eigenvalue weighted by Gasteiger charge is 2.29. The van der Waals surface area contributed by atoms with Crippen molar-refractivity contribution in [3.63, 3.8) is 0 Å². The summed E-state index contributed by atoms with van der Waals surface area (Å²) in [6.45, 7) is 3.38. The maximum absolute atomic E-state index is 12.7. The zero-order valence-corrected chi connectivity index (χ0v) is 15.5. The third kappa shape index (κ3) is 3.71. The molecule has 2 amide bonds. The molecule has 136 valence electrons. The molecule has 1 saturated heterocycles. The number of nitro groups is 1. The highest BCUT2D eigenvalue weighted by atomic mass is 35.5. The lowest BCUT2D eigenvalue weighted by atomic mass is 10.1. The van der Waals surface area contributed by atoms with E-state index in [4.69, 9.17) is 11.6 Å². The van der Waals surface area contributed by atoms with Gasteiger partial charge in [-0.25, -0.2) is 0 Å². The molecule has 9 heteroatoms. The van der Waals surface area contributed by atoms with Crippen LogP contribution in [0.15, 0.2) is 30.3 Å². The van der Waals surface area contributed by atoms with E-state index < -0.39 is 10.8 Å². The topological polar surface area (TPSA) is 83.8 Å². The number of thiophene rings is 1. The van der Waals surface area contributed by atoms with Crippen LogP contribution in [0, 0.1) is 17.0 Å². The second-order valence-electron chi connectivity index (χ2n) is 5.91. The van der Waals surface area contributed by atoms with E-state index in [0.29, 0.717) is 31.1 Å². The van der Waals surface area contributed by atoms with Crippen LogP contribution in [-0.4, -0.2) is 52.7 Å². The maximum Gasteiger partial charge on any atom is 0.283 e. The molecular formula is C17H16ClN3O4S. The van der Waals surface area contributed by atoms with Crippen LogP contribution in [0.1, 0.15) is 24.9 Å². The van der Waals surface area contributed by atoms with Gasteiger partial charge in [0.25, 0.3) is 17.5 Å². The summed E-state index contributed by atoms with van der Waals surface area (Å²) in [4.78, 5) is 40.7. The second-order valence-corrected chi connectivity index (χ2v) is 7.64. The number of nitro benzene ring substituents is 1. The minimum atomic E-state index is -0.613. The van der Waals surface area contributed by atoms with Gasteiger partial charge >= 0.3 is 0 Å². The number of carbonyl (C=O) groups excluding carboxylic acids is 2. The van der Waals surface area contributed by atoms with Crippen molar-refractivity contribution in [2.75, 3.05) is 26.2 Å². The second kappa shape index (κ2) is 7.43. The Morgan fingerprint density at radius 2 is 1.69 bits per heavy atom. The molecule has 2 aromatic rings. The first-order chi connectivity index (χ1) is 12.4. The van der Waals surface area contributed by atoms with Crippen LogP contribution in [0.2, 0.25) is 5.02 Å². The molecule has 0 N–H and O–H groups in total. The molecule has 26 heavy (non-hydrogen) atoms. The summed E-state index contributed by atoms with van der Waals surface area (Å²) in [5.41, 5.74) is -0.303. The Labute approximate surface area is 158 Å². The smallest absolute Gasteiger partial charge is 0.283 e. The molecule has 3 rings (SSSR count). The summed E-state index contributed by atoms with van der Waals surface area (Å²) >= 11 is 7.23. The van der Waals surface area contributed by atoms with E-state index in [0.717, 1.165) is 4.88 Å². The lowest BCUT2D eigenvalue weighted by Crippen LogP contribution is -2.50. The fraction of sp³-hybridized carbons (Fsp3) is 0.294. The van der Waals surface area contributed by atoms with Gasteiger partial charge in [-0.05, 0) is 31.2 Å². The van der Waals surface area contributed by atoms with Gasteiger partial charge < -0.3 is 9.80 Å². The Bertz CT molecular complexity index is 875. The predicted octanol–water partition coefficient (Wildman–Crippen LogP) is 3.22. The summed E-state index contributed by atoms with van der Waals surface area (Å²) in [5.74, 6) is -0.472. The quantitative estimate of drug-likeness (QED) is 0.592. The van der Waals surface area contributed by atoms with E-state index in [1.807, 2.05) is 13.0 Å². The summed E-state index contributed by atoms with van der Waals surface area (Å²) in [7, 11) is 0. The molecule has 1 aromatic heterocycles. The third-order valence-corrected chi connectivity index (χ3v) is 5.42. The van der Waals surface area contributed by atoms with Crippen molar-refractivity contribution in [3.05, 3.63) is 60.8 Å². The van der Waals surface area contributed by atoms with Crippen LogP contribution in [-0.2, 0) is 0 Å². The minimum Gasteiger partial charge on any atom is -0.335 e. The first kappa shape index (κ1) is 18.3. The van der Waals surface area contributed by atoms with Crippen LogP contribution in [0.5, 0.6) is 0 Å². The Kier molecular flexibility index (Phi) is 5.24. The van der Waals surface area contributed by atoms with E-state index in [9.17, 15) is 19.7 Å². The highest BCUT2D eigenvalue weighted by molar-refractivity contribution is 7.13. The van der Waals surface area contributed by atoms with E-state index in [1.54, 1.807) is 11.0 Å². The molecule has 1 aliphatic heterocycles. The monoisotopic (exact) mass is 393 g/mol. The number of benzene rings is 1. The summed E-state index contributed by atoms with van der Waals surface area (Å²) in [5, 5.41) is 11.4. The average Bonchev–Trinajstić information content (AvgIpc) is 3.07. The van der Waals surface area contributed by atoms with Crippen molar-refractivity contribution < 1.29 is 14.5 Å². The molecule has 0 spiro atoms. The fourth-order valence-electron chi connectivity index (χ4n) is 2.82. The lowest BCUT2D eigenvalue weighted by molar-refractivity contribution is -0.385. The molecule has 1 aliphatic rings. The predicted molar refractivity (Wildman–Crippen MR) is 99.0 cm³/mol. The third-order valence-electron chi connectivity index (χ3n) is 4.19. The molecule has 0 aliphatic carbocycles. The van der Waals surface area contributed by atoms with Crippen LogP contribution in [0.3, 0.4) is 0 Å². The normalized spacial score (nSPS) is 14.4. The van der Waals surface area contributed by atoms with Gasteiger partial charge in [0.15, 0.2) is 0 Å². The molecule has 1 aromatic carbocycles. The number of hydrogen-bond acceptors (Lipinski definition) is 5. The van der Waals surface area contributed by atoms with Crippen LogP contribution >= 0.6 is 22.9 Å². The number of aryl methyl sites for hydroxylation is 1. The van der Waals surface area contributed by atoms with Crippen molar-refractivity contribution in [1.82, 2.24) is 9.80 Å². The number of halogens is 1. The molecule has 1 fully saturated rings. The first-order valence-corrected chi connectivity index (χ1v) is 9.15. The van der Waals surface area contributed by atoms with Gasteiger partial charge in [0.1, 0.15) is 5.56 Å². The zero-order valence-electron chi connectivity index (χ0n) is 14.0. The lowest BCUT2D eigenvalue weighted by Gasteiger charge is -2.34. The van der Waals surface area contributed by atoms with Gasteiger partial charge in [0, 0.05) is 42.1 Å². The van der Waals surface area contributed by atoms with Crippen molar-refractivity contribution in [1.29, 1.82) is 0 Å². The average molecular weight is 394 g/mol. The van der Waals surface area contributed by atoms with Gasteiger partial charge in [-0.1, -0.05) is 11.6 Å². The molecule has 0 atom stereocenters. The number of piperazine rings is 1. The van der Waals surface area contributed by atoms with Crippen molar-refractivity contribution in [2.45, 2.75) is 6.92 Å². The molecule has 2 heterocycles. The van der Waals surface area contributed by atoms with Gasteiger partial charge in [0.2, 0.25) is 0 Å². The molecule has 0 unspecified atom stereocenters. The van der Waals surface area contributed by atoms with Gasteiger partial charge in [0.05, 0.1) is 9.80 Å². The van der Waals surface area contributed by atoms with E-state index in [2.05, 4.69) is 0 Å². The Hall–Kier alpha value is -2.45. The Balaban J connectivity index is 1.69. The minimum absolute atomic E-state index is 0.00746. The van der Waals surface area contributed by atoms with Crippen molar-refractivity contribution in [2.24, 2.45) is 0 Å². The highest BCUT2D eigenvalue weighted by Crippen LogP contribution is 2.25. The van der Waals surface area contributed by atoms with Crippen molar-refractivity contribution in [3.8, 4) is 0 Å². The summed E-state index contributed by atoms with van der Waals surface area (Å²) in [6.07, 6.45) is 0.